The number of rotatable bonds is 5. The van der Waals surface area contributed by atoms with Crippen LogP contribution in [0.15, 0.2) is 54.6 Å². The van der Waals surface area contributed by atoms with E-state index in [9.17, 15) is 10.1 Å². The predicted octanol–water partition coefficient (Wildman–Crippen LogP) is 4.46. The topological polar surface area (TPSA) is 79.1 Å². The van der Waals surface area contributed by atoms with Crippen molar-refractivity contribution in [1.29, 1.82) is 5.26 Å². The van der Waals surface area contributed by atoms with Crippen LogP contribution in [0.25, 0.3) is 11.0 Å². The second kappa shape index (κ2) is 9.13. The molecule has 4 rings (SSSR count). The summed E-state index contributed by atoms with van der Waals surface area (Å²) in [7, 11) is 0. The number of carbonyl (C=O) groups excluding carboxylic acids is 1. The molecule has 0 bridgehead atoms. The van der Waals surface area contributed by atoms with Gasteiger partial charge >= 0.3 is 5.97 Å². The Morgan fingerprint density at radius 3 is 2.32 bits per heavy atom. The van der Waals surface area contributed by atoms with Crippen LogP contribution in [-0.2, 0) is 16.1 Å². The van der Waals surface area contributed by atoms with Crippen LogP contribution in [-0.4, -0.2) is 29.0 Å². The number of hydrogen-bond donors (Lipinski definition) is 0. The van der Waals surface area contributed by atoms with Gasteiger partial charge in [0.25, 0.3) is 0 Å². The Bertz CT molecular complexity index is 1100. The first-order chi connectivity index (χ1) is 15.0. The molecule has 3 aromatic rings. The van der Waals surface area contributed by atoms with Crippen LogP contribution in [0, 0.1) is 23.2 Å². The summed E-state index contributed by atoms with van der Waals surface area (Å²) >= 11 is 0. The third kappa shape index (κ3) is 4.66. The monoisotopic (exact) mass is 414 g/mol. The van der Waals surface area contributed by atoms with Gasteiger partial charge in [0, 0.05) is 13.1 Å². The molecule has 0 unspecified atom stereocenters. The number of piperidine rings is 1. The van der Waals surface area contributed by atoms with Crippen LogP contribution in [0.4, 0.5) is 5.82 Å². The van der Waals surface area contributed by atoms with Crippen molar-refractivity contribution in [3.63, 3.8) is 0 Å². The van der Waals surface area contributed by atoms with Crippen LogP contribution in [0.2, 0.25) is 0 Å². The van der Waals surface area contributed by atoms with E-state index >= 15 is 0 Å². The van der Waals surface area contributed by atoms with Gasteiger partial charge in [0.2, 0.25) is 0 Å². The van der Waals surface area contributed by atoms with Gasteiger partial charge in [-0.3, -0.25) is 4.79 Å². The van der Waals surface area contributed by atoms with E-state index in [0.29, 0.717) is 28.9 Å². The number of para-hydroxylation sites is 2. The molecule has 6 nitrogen and oxygen atoms in total. The largest absolute Gasteiger partial charge is 0.460 e. The van der Waals surface area contributed by atoms with Gasteiger partial charge in [-0.15, -0.1) is 0 Å². The standard InChI is InChI=1S/C25H26N4O2/c1-17-12-18(2)15-29(14-17)24-23(27-21-10-6-7-11-22(21)28-24)20(13-26)25(30)31-16-19-8-4-3-5-9-19/h3-11,17-18,20H,12,14-16H2,1-2H3/t17-,18-,20-/m0/s1. The van der Waals surface area contributed by atoms with Crippen molar-refractivity contribution in [2.24, 2.45) is 11.8 Å². The first kappa shape index (κ1) is 20.8. The smallest absolute Gasteiger partial charge is 0.330 e. The Balaban J connectivity index is 1.69. The lowest BCUT2D eigenvalue weighted by molar-refractivity contribution is -0.145. The molecular formula is C25H26N4O2. The fourth-order valence-corrected chi connectivity index (χ4v) is 4.30. The number of anilines is 1. The minimum Gasteiger partial charge on any atom is -0.460 e. The molecular weight excluding hydrogens is 388 g/mol. The quantitative estimate of drug-likeness (QED) is 0.574. The highest BCUT2D eigenvalue weighted by Crippen LogP contribution is 2.32. The second-order valence-corrected chi connectivity index (χ2v) is 8.43. The fraction of sp³-hybridized carbons (Fsp3) is 0.360. The average molecular weight is 415 g/mol. The zero-order chi connectivity index (χ0) is 21.8. The lowest BCUT2D eigenvalue weighted by Crippen LogP contribution is -2.40. The van der Waals surface area contributed by atoms with Gasteiger partial charge in [0.1, 0.15) is 12.3 Å². The van der Waals surface area contributed by atoms with Gasteiger partial charge in [-0.2, -0.15) is 5.26 Å². The van der Waals surface area contributed by atoms with Crippen molar-refractivity contribution in [3.05, 3.63) is 65.9 Å². The Labute approximate surface area is 182 Å². The number of ether oxygens (including phenoxy) is 1. The van der Waals surface area contributed by atoms with Crippen molar-refractivity contribution in [2.45, 2.75) is 32.8 Å². The number of hydrogen-bond acceptors (Lipinski definition) is 6. The molecule has 1 aliphatic heterocycles. The highest BCUT2D eigenvalue weighted by Gasteiger charge is 2.32. The van der Waals surface area contributed by atoms with E-state index in [1.54, 1.807) is 0 Å². The van der Waals surface area contributed by atoms with Gasteiger partial charge in [-0.25, -0.2) is 9.97 Å². The first-order valence-corrected chi connectivity index (χ1v) is 10.7. The van der Waals surface area contributed by atoms with Crippen LogP contribution in [0.1, 0.15) is 37.4 Å². The Morgan fingerprint density at radius 1 is 1.06 bits per heavy atom. The van der Waals surface area contributed by atoms with Gasteiger partial charge in [0.05, 0.1) is 17.1 Å². The molecule has 0 aliphatic carbocycles. The molecule has 1 aliphatic rings. The van der Waals surface area contributed by atoms with E-state index < -0.39 is 11.9 Å². The number of carbonyl (C=O) groups is 1. The summed E-state index contributed by atoms with van der Waals surface area (Å²) in [5.41, 5.74) is 2.66. The van der Waals surface area contributed by atoms with E-state index in [1.165, 1.54) is 0 Å². The second-order valence-electron chi connectivity index (χ2n) is 8.43. The molecule has 31 heavy (non-hydrogen) atoms. The van der Waals surface area contributed by atoms with E-state index in [0.717, 1.165) is 30.6 Å². The van der Waals surface area contributed by atoms with Crippen LogP contribution in [0.3, 0.4) is 0 Å². The van der Waals surface area contributed by atoms with Crippen LogP contribution >= 0.6 is 0 Å². The van der Waals surface area contributed by atoms with Gasteiger partial charge < -0.3 is 9.64 Å². The third-order valence-corrected chi connectivity index (χ3v) is 5.61. The predicted molar refractivity (Wildman–Crippen MR) is 119 cm³/mol. The number of aromatic nitrogens is 2. The Hall–Kier alpha value is -3.46. The highest BCUT2D eigenvalue weighted by atomic mass is 16.5. The summed E-state index contributed by atoms with van der Waals surface area (Å²) in [4.78, 5) is 24.6. The molecule has 2 aromatic carbocycles. The summed E-state index contributed by atoms with van der Waals surface area (Å²) in [5, 5.41) is 9.91. The number of nitriles is 1. The molecule has 2 heterocycles. The molecule has 0 N–H and O–H groups in total. The fourth-order valence-electron chi connectivity index (χ4n) is 4.30. The minimum absolute atomic E-state index is 0.117. The lowest BCUT2D eigenvalue weighted by Gasteiger charge is -2.36. The van der Waals surface area contributed by atoms with Crippen molar-refractivity contribution in [2.75, 3.05) is 18.0 Å². The SMILES string of the molecule is C[C@H]1C[C@H](C)CN(c2nc3ccccc3nc2[C@H](C#N)C(=O)OCc2ccccc2)C1. The van der Waals surface area contributed by atoms with Crippen molar-refractivity contribution in [3.8, 4) is 6.07 Å². The average Bonchev–Trinajstić information content (AvgIpc) is 2.78. The zero-order valence-electron chi connectivity index (χ0n) is 17.9. The number of fused-ring (bicyclic) bond motifs is 1. The van der Waals surface area contributed by atoms with E-state index in [1.807, 2.05) is 54.6 Å². The summed E-state index contributed by atoms with van der Waals surface area (Å²) in [6.45, 7) is 6.19. The molecule has 0 saturated carbocycles. The maximum Gasteiger partial charge on any atom is 0.330 e. The number of benzene rings is 2. The summed E-state index contributed by atoms with van der Waals surface area (Å²) in [6.07, 6.45) is 1.15. The molecule has 0 amide bonds. The molecule has 0 spiro atoms. The molecule has 0 radical (unpaired) electrons. The molecule has 1 fully saturated rings. The Morgan fingerprint density at radius 2 is 1.68 bits per heavy atom. The molecule has 3 atom stereocenters. The van der Waals surface area contributed by atoms with Crippen LogP contribution < -0.4 is 4.90 Å². The normalized spacial score (nSPS) is 19.6. The van der Waals surface area contributed by atoms with Crippen molar-refractivity contribution >= 4 is 22.8 Å². The molecule has 1 saturated heterocycles. The lowest BCUT2D eigenvalue weighted by atomic mass is 9.91. The van der Waals surface area contributed by atoms with Crippen molar-refractivity contribution in [1.82, 2.24) is 9.97 Å². The maximum absolute atomic E-state index is 12.9. The first-order valence-electron chi connectivity index (χ1n) is 10.7. The van der Waals surface area contributed by atoms with Crippen LogP contribution in [0.5, 0.6) is 0 Å². The van der Waals surface area contributed by atoms with Crippen molar-refractivity contribution < 1.29 is 9.53 Å². The molecule has 1 aromatic heterocycles. The van der Waals surface area contributed by atoms with Gasteiger partial charge in [-0.05, 0) is 36.0 Å². The summed E-state index contributed by atoms with van der Waals surface area (Å²) < 4.78 is 5.48. The highest BCUT2D eigenvalue weighted by molar-refractivity contribution is 5.85. The van der Waals surface area contributed by atoms with E-state index in [2.05, 4.69) is 24.8 Å². The number of esters is 1. The summed E-state index contributed by atoms with van der Waals surface area (Å²) in [5.74, 6) is -0.134. The van der Waals surface area contributed by atoms with Gasteiger partial charge in [0.15, 0.2) is 11.7 Å². The number of nitrogens with zero attached hydrogens (tertiary/aromatic N) is 4. The molecule has 158 valence electrons. The zero-order valence-corrected chi connectivity index (χ0v) is 17.9. The van der Waals surface area contributed by atoms with E-state index in [4.69, 9.17) is 14.7 Å². The maximum atomic E-state index is 12.9. The summed E-state index contributed by atoms with van der Waals surface area (Å²) in [6, 6.07) is 19.1. The molecule has 6 heteroatoms. The third-order valence-electron chi connectivity index (χ3n) is 5.61. The minimum atomic E-state index is -1.14. The van der Waals surface area contributed by atoms with Gasteiger partial charge in [-0.1, -0.05) is 56.3 Å². The van der Waals surface area contributed by atoms with E-state index in [-0.39, 0.29) is 6.61 Å². The Kier molecular flexibility index (Phi) is 6.13.